The molecule has 8 N–H and O–H groups in total. The number of nitrogens with one attached hydrogen (secondary N) is 8. The largest absolute Gasteiger partial charge is 0.314 e. The maximum Gasteiger partial charge on any atom is 0.0561 e. The average molecular weight is 564 g/mol. The summed E-state index contributed by atoms with van der Waals surface area (Å²) in [4.78, 5) is 0. The van der Waals surface area contributed by atoms with Gasteiger partial charge in [0.2, 0.25) is 0 Å². The Labute approximate surface area is 237 Å². The first kappa shape index (κ1) is 29.7. The Bertz CT molecular complexity index is 820. The second kappa shape index (κ2) is 15.5. The number of hydrogen-bond acceptors (Lipinski definition) is 8. The molecule has 0 atom stereocenters. The third-order valence-corrected chi connectivity index (χ3v) is 7.88. The molecule has 0 aromatic heterocycles. The fourth-order valence-corrected chi connectivity index (χ4v) is 5.28. The van der Waals surface area contributed by atoms with Crippen molar-refractivity contribution in [2.24, 2.45) is 0 Å². The molecular weight excluding hydrogens is 519 g/mol. The van der Waals surface area contributed by atoms with Gasteiger partial charge in [0.25, 0.3) is 0 Å². The first-order valence-electron chi connectivity index (χ1n) is 13.8. The van der Waals surface area contributed by atoms with E-state index in [0.29, 0.717) is 0 Å². The molecule has 3 saturated heterocycles. The second-order valence-electron chi connectivity index (χ2n) is 10.6. The van der Waals surface area contributed by atoms with E-state index in [-0.39, 0.29) is 11.1 Å². The predicted octanol–water partition coefficient (Wildman–Crippen LogP) is 0.915. The van der Waals surface area contributed by atoms with Crippen LogP contribution in [0.4, 0.5) is 0 Å². The SMILES string of the molecule is Clc1ccc(CNC23CNCCNCC(NCc4ccc(Cl)cc4)(CNCCNC2)CNCCNC3)cc1. The summed E-state index contributed by atoms with van der Waals surface area (Å²) in [6.07, 6.45) is 0. The summed E-state index contributed by atoms with van der Waals surface area (Å²) >= 11 is 12.2. The Morgan fingerprint density at radius 3 is 1.00 bits per heavy atom. The fraction of sp³-hybridized carbons (Fsp3) is 0.571. The molecule has 0 amide bonds. The molecule has 38 heavy (non-hydrogen) atoms. The number of rotatable bonds is 6. The van der Waals surface area contributed by atoms with Crippen LogP contribution in [0.5, 0.6) is 0 Å². The van der Waals surface area contributed by atoms with Gasteiger partial charge in [0.05, 0.1) is 11.1 Å². The van der Waals surface area contributed by atoms with Crippen molar-refractivity contribution in [1.82, 2.24) is 42.5 Å². The molecule has 2 bridgehead atoms. The van der Waals surface area contributed by atoms with Crippen molar-refractivity contribution < 1.29 is 0 Å². The van der Waals surface area contributed by atoms with E-state index in [2.05, 4.69) is 66.8 Å². The van der Waals surface area contributed by atoms with Gasteiger partial charge in [-0.25, -0.2) is 0 Å². The van der Waals surface area contributed by atoms with Crippen molar-refractivity contribution in [3.05, 3.63) is 69.7 Å². The molecule has 3 aliphatic heterocycles. The summed E-state index contributed by atoms with van der Waals surface area (Å²) in [7, 11) is 0. The summed E-state index contributed by atoms with van der Waals surface area (Å²) in [5.74, 6) is 0. The van der Waals surface area contributed by atoms with E-state index in [9.17, 15) is 0 Å². The smallest absolute Gasteiger partial charge is 0.0561 e. The zero-order chi connectivity index (χ0) is 26.5. The van der Waals surface area contributed by atoms with E-state index < -0.39 is 0 Å². The molecule has 2 aromatic carbocycles. The number of fused-ring (bicyclic) bond motifs is 15. The van der Waals surface area contributed by atoms with Crippen LogP contribution in [-0.4, -0.2) is 89.6 Å². The van der Waals surface area contributed by atoms with Crippen LogP contribution in [0, 0.1) is 0 Å². The van der Waals surface area contributed by atoms with E-state index in [1.165, 1.54) is 11.1 Å². The molecule has 210 valence electrons. The number of hydrogen-bond donors (Lipinski definition) is 8. The lowest BCUT2D eigenvalue weighted by molar-refractivity contribution is 0.253. The minimum absolute atomic E-state index is 0.127. The molecule has 2 aromatic rings. The van der Waals surface area contributed by atoms with E-state index in [1.807, 2.05) is 24.3 Å². The van der Waals surface area contributed by atoms with Crippen LogP contribution in [-0.2, 0) is 13.1 Å². The van der Waals surface area contributed by atoms with Gasteiger partial charge in [-0.05, 0) is 35.4 Å². The lowest BCUT2D eigenvalue weighted by atomic mass is 9.96. The molecule has 0 spiro atoms. The first-order valence-corrected chi connectivity index (χ1v) is 14.6. The maximum atomic E-state index is 6.10. The number of halogens is 2. The summed E-state index contributed by atoms with van der Waals surface area (Å²) < 4.78 is 0. The highest BCUT2D eigenvalue weighted by Gasteiger charge is 2.31. The summed E-state index contributed by atoms with van der Waals surface area (Å²) in [5, 5.41) is 31.6. The highest BCUT2D eigenvalue weighted by molar-refractivity contribution is 6.30. The molecule has 3 heterocycles. The Kier molecular flexibility index (Phi) is 12.1. The minimum atomic E-state index is -0.127. The normalized spacial score (nSPS) is 26.5. The molecule has 8 nitrogen and oxygen atoms in total. The van der Waals surface area contributed by atoms with E-state index in [0.717, 1.165) is 102 Å². The summed E-state index contributed by atoms with van der Waals surface area (Å²) in [6, 6.07) is 16.2. The van der Waals surface area contributed by atoms with Gasteiger partial charge in [0.15, 0.2) is 0 Å². The molecule has 0 radical (unpaired) electrons. The Morgan fingerprint density at radius 1 is 0.474 bits per heavy atom. The van der Waals surface area contributed by atoms with Gasteiger partial charge in [-0.15, -0.1) is 0 Å². The predicted molar refractivity (Wildman–Crippen MR) is 159 cm³/mol. The van der Waals surface area contributed by atoms with Crippen molar-refractivity contribution in [2.45, 2.75) is 24.2 Å². The number of benzene rings is 2. The monoisotopic (exact) mass is 562 g/mol. The van der Waals surface area contributed by atoms with Crippen LogP contribution in [0.2, 0.25) is 10.0 Å². The Balaban J connectivity index is 1.43. The van der Waals surface area contributed by atoms with Gasteiger partial charge in [0.1, 0.15) is 0 Å². The third-order valence-electron chi connectivity index (χ3n) is 7.38. The van der Waals surface area contributed by atoms with Crippen molar-refractivity contribution >= 4 is 23.2 Å². The molecule has 5 rings (SSSR count). The molecule has 0 aliphatic carbocycles. The minimum Gasteiger partial charge on any atom is -0.314 e. The van der Waals surface area contributed by atoms with Crippen molar-refractivity contribution in [2.75, 3.05) is 78.5 Å². The van der Waals surface area contributed by atoms with Gasteiger partial charge in [-0.1, -0.05) is 47.5 Å². The Hall–Kier alpha value is -1.30. The van der Waals surface area contributed by atoms with Crippen LogP contribution >= 0.6 is 23.2 Å². The lowest BCUT2D eigenvalue weighted by Crippen LogP contribution is -2.66. The van der Waals surface area contributed by atoms with Crippen molar-refractivity contribution in [3.63, 3.8) is 0 Å². The topological polar surface area (TPSA) is 96.2 Å². The van der Waals surface area contributed by atoms with E-state index >= 15 is 0 Å². The molecule has 3 fully saturated rings. The quantitative estimate of drug-likeness (QED) is 0.263. The second-order valence-corrected chi connectivity index (χ2v) is 11.5. The van der Waals surface area contributed by atoms with Crippen LogP contribution < -0.4 is 42.5 Å². The summed E-state index contributed by atoms with van der Waals surface area (Å²) in [5.41, 5.74) is 2.21. The molecular formula is C28H44Cl2N8. The van der Waals surface area contributed by atoms with Crippen LogP contribution in [0.15, 0.2) is 48.5 Å². The highest BCUT2D eigenvalue weighted by Crippen LogP contribution is 2.13. The maximum absolute atomic E-state index is 6.10. The van der Waals surface area contributed by atoms with Crippen LogP contribution in [0.3, 0.4) is 0 Å². The van der Waals surface area contributed by atoms with Crippen molar-refractivity contribution in [3.8, 4) is 0 Å². The van der Waals surface area contributed by atoms with Gasteiger partial charge in [-0.2, -0.15) is 0 Å². The van der Waals surface area contributed by atoms with Crippen LogP contribution in [0.1, 0.15) is 11.1 Å². The average Bonchev–Trinajstić information content (AvgIpc) is 2.93. The lowest BCUT2D eigenvalue weighted by Gasteiger charge is -2.39. The molecule has 0 saturated carbocycles. The van der Waals surface area contributed by atoms with E-state index in [4.69, 9.17) is 23.2 Å². The first-order chi connectivity index (χ1) is 18.6. The fourth-order valence-electron chi connectivity index (χ4n) is 5.03. The van der Waals surface area contributed by atoms with Gasteiger partial charge >= 0.3 is 0 Å². The van der Waals surface area contributed by atoms with E-state index in [1.54, 1.807) is 0 Å². The van der Waals surface area contributed by atoms with Gasteiger partial charge in [0, 0.05) is 102 Å². The molecule has 3 aliphatic rings. The van der Waals surface area contributed by atoms with Gasteiger partial charge < -0.3 is 42.5 Å². The molecule has 10 heteroatoms. The van der Waals surface area contributed by atoms with Crippen LogP contribution in [0.25, 0.3) is 0 Å². The van der Waals surface area contributed by atoms with Gasteiger partial charge in [-0.3, -0.25) is 0 Å². The Morgan fingerprint density at radius 2 is 0.737 bits per heavy atom. The summed E-state index contributed by atoms with van der Waals surface area (Å²) in [6.45, 7) is 12.2. The highest BCUT2D eigenvalue weighted by atomic mass is 35.5. The zero-order valence-corrected chi connectivity index (χ0v) is 23.8. The standard InChI is InChI=1S/C28H44Cl2N8/c29-25-5-1-23(2-6-25)15-37-27-17-31-9-12-34-20-28(21-35-13-10-32-18-27,22-36-14-11-33-19-27)38-16-24-3-7-26(30)8-4-24/h1-8,31-38H,9-22H2. The third kappa shape index (κ3) is 9.71. The van der Waals surface area contributed by atoms with Crippen molar-refractivity contribution in [1.29, 1.82) is 0 Å². The zero-order valence-electron chi connectivity index (χ0n) is 22.3. The molecule has 0 unspecified atom stereocenters.